The van der Waals surface area contributed by atoms with Crippen LogP contribution in [0.1, 0.15) is 0 Å². The predicted octanol–water partition coefficient (Wildman–Crippen LogP) is 16.3. The Morgan fingerprint density at radius 2 is 0.621 bits per heavy atom. The molecule has 0 aliphatic carbocycles. The van der Waals surface area contributed by atoms with Crippen molar-refractivity contribution in [2.24, 2.45) is 0 Å². The van der Waals surface area contributed by atoms with E-state index in [9.17, 15) is 0 Å². The number of nitrogens with zero attached hydrogens (tertiary/aromatic N) is 4. The van der Waals surface area contributed by atoms with Crippen molar-refractivity contribution in [3.05, 3.63) is 206 Å². The molecule has 14 rings (SSSR count). The maximum Gasteiger partial charge on any atom is 0.227 e. The van der Waals surface area contributed by atoms with E-state index < -0.39 is 0 Å². The zero-order valence-corrected chi connectivity index (χ0v) is 35.1. The van der Waals surface area contributed by atoms with Crippen LogP contribution in [0.15, 0.2) is 220 Å². The van der Waals surface area contributed by atoms with E-state index in [1.54, 1.807) is 0 Å². The molecule has 0 radical (unpaired) electrons. The number of rotatable bonds is 6. The second kappa shape index (κ2) is 14.2. The SMILES string of the molecule is c1ccc2c(c1)oc1nc(-c3ccc(N(c4ccc5cc(-c6ccc7c(n6)oc6ccccc67)ccc5c4)c4ccc5cc(-c6ccc7c(n6)oc6ccccc67)ccc5c4)cc3)ccc12. The fourth-order valence-electron chi connectivity index (χ4n) is 9.59. The van der Waals surface area contributed by atoms with E-state index >= 15 is 0 Å². The number of para-hydroxylation sites is 3. The van der Waals surface area contributed by atoms with E-state index in [0.29, 0.717) is 17.1 Å². The van der Waals surface area contributed by atoms with Crippen molar-refractivity contribution >= 4 is 105 Å². The Labute approximate surface area is 376 Å². The maximum absolute atomic E-state index is 6.15. The van der Waals surface area contributed by atoms with Gasteiger partial charge in [0, 0.05) is 66.1 Å². The van der Waals surface area contributed by atoms with Crippen LogP contribution in [0.25, 0.3) is 122 Å². The van der Waals surface area contributed by atoms with Crippen LogP contribution in [0, 0.1) is 0 Å². The lowest BCUT2D eigenvalue weighted by Gasteiger charge is -2.26. The Kier molecular flexibility index (Phi) is 7.85. The molecule has 8 aromatic carbocycles. The minimum absolute atomic E-state index is 0.634. The molecule has 0 saturated heterocycles. The number of aromatic nitrogens is 3. The first-order valence-electron chi connectivity index (χ1n) is 22.0. The van der Waals surface area contributed by atoms with E-state index in [2.05, 4.69) is 157 Å². The van der Waals surface area contributed by atoms with Crippen LogP contribution in [0.5, 0.6) is 0 Å². The van der Waals surface area contributed by atoms with Crippen LogP contribution in [0.3, 0.4) is 0 Å². The van der Waals surface area contributed by atoms with Crippen LogP contribution in [-0.4, -0.2) is 15.0 Å². The van der Waals surface area contributed by atoms with Crippen LogP contribution in [0.4, 0.5) is 17.1 Å². The van der Waals surface area contributed by atoms with Crippen molar-refractivity contribution in [2.45, 2.75) is 0 Å². The Morgan fingerprint density at radius 1 is 0.273 bits per heavy atom. The van der Waals surface area contributed by atoms with Gasteiger partial charge in [0.2, 0.25) is 17.1 Å². The molecular formula is C59H34N4O3. The Hall–Kier alpha value is -9.07. The van der Waals surface area contributed by atoms with Crippen LogP contribution in [-0.2, 0) is 0 Å². The molecule has 7 nitrogen and oxygen atoms in total. The van der Waals surface area contributed by atoms with E-state index in [0.717, 1.165) is 121 Å². The largest absolute Gasteiger partial charge is 0.438 e. The first-order valence-corrected chi connectivity index (χ1v) is 22.0. The smallest absolute Gasteiger partial charge is 0.227 e. The highest BCUT2D eigenvalue weighted by molar-refractivity contribution is 6.06. The molecule has 0 saturated carbocycles. The minimum atomic E-state index is 0.634. The molecule has 0 fully saturated rings. The van der Waals surface area contributed by atoms with Gasteiger partial charge in [0.15, 0.2) is 0 Å². The maximum atomic E-state index is 6.15. The summed E-state index contributed by atoms with van der Waals surface area (Å²) in [7, 11) is 0. The Bertz CT molecular complexity index is 4060. The summed E-state index contributed by atoms with van der Waals surface area (Å²) in [6.45, 7) is 0. The van der Waals surface area contributed by atoms with Gasteiger partial charge in [0.05, 0.1) is 17.1 Å². The molecule has 6 aromatic heterocycles. The van der Waals surface area contributed by atoms with Gasteiger partial charge >= 0.3 is 0 Å². The zero-order chi connectivity index (χ0) is 43.3. The normalized spacial score (nSPS) is 11.9. The van der Waals surface area contributed by atoms with Crippen molar-refractivity contribution in [3.63, 3.8) is 0 Å². The fraction of sp³-hybridized carbons (Fsp3) is 0. The molecule has 66 heavy (non-hydrogen) atoms. The predicted molar refractivity (Wildman–Crippen MR) is 268 cm³/mol. The van der Waals surface area contributed by atoms with Gasteiger partial charge in [-0.2, -0.15) is 0 Å². The summed E-state index contributed by atoms with van der Waals surface area (Å²) in [6.07, 6.45) is 0. The fourth-order valence-corrected chi connectivity index (χ4v) is 9.59. The lowest BCUT2D eigenvalue weighted by Crippen LogP contribution is -2.10. The topological polar surface area (TPSA) is 81.3 Å². The Morgan fingerprint density at radius 3 is 1.06 bits per heavy atom. The second-order valence-electron chi connectivity index (χ2n) is 16.8. The highest BCUT2D eigenvalue weighted by Gasteiger charge is 2.18. The summed E-state index contributed by atoms with van der Waals surface area (Å²) in [4.78, 5) is 17.2. The molecule has 0 unspecified atom stereocenters. The number of furan rings is 3. The molecule has 0 aliphatic heterocycles. The van der Waals surface area contributed by atoms with Gasteiger partial charge in [0.25, 0.3) is 0 Å². The molecule has 0 aliphatic rings. The first kappa shape index (κ1) is 36.4. The average Bonchev–Trinajstić information content (AvgIpc) is 4.07. The van der Waals surface area contributed by atoms with E-state index in [-0.39, 0.29) is 0 Å². The van der Waals surface area contributed by atoms with Crippen molar-refractivity contribution < 1.29 is 13.3 Å². The molecule has 0 atom stereocenters. The highest BCUT2D eigenvalue weighted by Crippen LogP contribution is 2.40. The van der Waals surface area contributed by atoms with Gasteiger partial charge < -0.3 is 18.2 Å². The third-order valence-corrected chi connectivity index (χ3v) is 12.9. The molecule has 7 heteroatoms. The minimum Gasteiger partial charge on any atom is -0.438 e. The molecule has 0 N–H and O–H groups in total. The van der Waals surface area contributed by atoms with Gasteiger partial charge in [-0.05, 0) is 125 Å². The summed E-state index contributed by atoms with van der Waals surface area (Å²) < 4.78 is 18.4. The third kappa shape index (κ3) is 5.87. The van der Waals surface area contributed by atoms with Crippen LogP contribution >= 0.6 is 0 Å². The highest BCUT2D eigenvalue weighted by atomic mass is 16.3. The van der Waals surface area contributed by atoms with Gasteiger partial charge in [-0.3, -0.25) is 0 Å². The van der Waals surface area contributed by atoms with Gasteiger partial charge in [-0.1, -0.05) is 103 Å². The van der Waals surface area contributed by atoms with Crippen LogP contribution in [0.2, 0.25) is 0 Å². The van der Waals surface area contributed by atoms with Crippen molar-refractivity contribution in [1.82, 2.24) is 15.0 Å². The summed E-state index contributed by atoms with van der Waals surface area (Å²) >= 11 is 0. The van der Waals surface area contributed by atoms with E-state index in [1.807, 2.05) is 54.6 Å². The molecule has 6 heterocycles. The first-order chi connectivity index (χ1) is 32.6. The molecular weight excluding hydrogens is 813 g/mol. The van der Waals surface area contributed by atoms with Gasteiger partial charge in [0.1, 0.15) is 16.7 Å². The quantitative estimate of drug-likeness (QED) is 0.165. The summed E-state index contributed by atoms with van der Waals surface area (Å²) in [5, 5.41) is 10.7. The van der Waals surface area contributed by atoms with Crippen molar-refractivity contribution in [1.29, 1.82) is 0 Å². The zero-order valence-electron chi connectivity index (χ0n) is 35.1. The Balaban J connectivity index is 0.842. The second-order valence-corrected chi connectivity index (χ2v) is 16.8. The molecule has 0 amide bonds. The molecule has 308 valence electrons. The number of hydrogen-bond acceptors (Lipinski definition) is 7. The standard InChI is InChI=1S/C59H34N4O3/c1-4-10-54-45(7-1)48-25-28-51(60-57(48)64-54)35-17-21-42(22-18-35)63(43-23-19-36-31-40(15-13-38(36)33-43)52-29-26-49-46-8-2-5-11-55(46)65-58(49)61-52)44-24-20-37-32-41(16-14-39(37)34-44)53-30-27-50-47-9-3-6-12-56(47)66-59(50)62-53/h1-34H. The van der Waals surface area contributed by atoms with Gasteiger partial charge in [-0.15, -0.1) is 0 Å². The molecule has 14 aromatic rings. The van der Waals surface area contributed by atoms with Crippen LogP contribution < -0.4 is 4.90 Å². The number of pyridine rings is 3. The number of fused-ring (bicyclic) bond motifs is 11. The lowest BCUT2D eigenvalue weighted by molar-refractivity contribution is 0.654. The number of anilines is 3. The monoisotopic (exact) mass is 846 g/mol. The van der Waals surface area contributed by atoms with E-state index in [4.69, 9.17) is 28.2 Å². The molecule has 0 spiro atoms. The van der Waals surface area contributed by atoms with Crippen molar-refractivity contribution in [3.8, 4) is 33.8 Å². The molecule has 0 bridgehead atoms. The summed E-state index contributed by atoms with van der Waals surface area (Å²) in [6, 6.07) is 71.7. The van der Waals surface area contributed by atoms with Gasteiger partial charge in [-0.25, -0.2) is 15.0 Å². The lowest BCUT2D eigenvalue weighted by atomic mass is 10.0. The number of benzene rings is 8. The average molecular weight is 847 g/mol. The summed E-state index contributed by atoms with van der Waals surface area (Å²) in [5.41, 5.74) is 13.2. The summed E-state index contributed by atoms with van der Waals surface area (Å²) in [5.74, 6) is 0. The van der Waals surface area contributed by atoms with E-state index in [1.165, 1.54) is 0 Å². The third-order valence-electron chi connectivity index (χ3n) is 12.9. The number of hydrogen-bond donors (Lipinski definition) is 0. The van der Waals surface area contributed by atoms with Crippen molar-refractivity contribution in [2.75, 3.05) is 4.90 Å².